The summed E-state index contributed by atoms with van der Waals surface area (Å²) < 4.78 is 7.55. The molecule has 130 valence electrons. The van der Waals surface area contributed by atoms with Crippen LogP contribution in [0.2, 0.25) is 0 Å². The normalized spacial score (nSPS) is 21.1. The van der Waals surface area contributed by atoms with Gasteiger partial charge in [-0.05, 0) is 57.8 Å². The van der Waals surface area contributed by atoms with Gasteiger partial charge in [0.2, 0.25) is 0 Å². The summed E-state index contributed by atoms with van der Waals surface area (Å²) in [5.41, 5.74) is 0. The number of nitrogens with one attached hydrogen (secondary N) is 1. The van der Waals surface area contributed by atoms with E-state index in [2.05, 4.69) is 29.3 Å². The van der Waals surface area contributed by atoms with Gasteiger partial charge in [0.25, 0.3) is 5.91 Å². The van der Waals surface area contributed by atoms with Crippen molar-refractivity contribution in [1.82, 2.24) is 19.8 Å². The van der Waals surface area contributed by atoms with Gasteiger partial charge in [-0.1, -0.05) is 0 Å². The van der Waals surface area contributed by atoms with Crippen molar-refractivity contribution in [3.05, 3.63) is 42.4 Å². The average molecular weight is 330 g/mol. The Hall–Kier alpha value is -2.08. The summed E-state index contributed by atoms with van der Waals surface area (Å²) in [6.07, 6.45) is 10.1. The Labute approximate surface area is 142 Å². The van der Waals surface area contributed by atoms with Gasteiger partial charge >= 0.3 is 0 Å². The van der Waals surface area contributed by atoms with Crippen LogP contribution in [0.15, 0.2) is 35.3 Å². The number of imidazole rings is 1. The molecule has 2 aromatic heterocycles. The lowest BCUT2D eigenvalue weighted by Gasteiger charge is -2.32. The van der Waals surface area contributed by atoms with Crippen molar-refractivity contribution in [2.75, 3.05) is 20.6 Å². The summed E-state index contributed by atoms with van der Waals surface area (Å²) in [6, 6.07) is 4.27. The maximum Gasteiger partial charge on any atom is 0.287 e. The fourth-order valence-electron chi connectivity index (χ4n) is 3.33. The third kappa shape index (κ3) is 4.26. The average Bonchev–Trinajstić information content (AvgIpc) is 3.25. The van der Waals surface area contributed by atoms with Crippen molar-refractivity contribution >= 4 is 5.91 Å². The minimum absolute atomic E-state index is 0.124. The minimum Gasteiger partial charge on any atom is -0.454 e. The van der Waals surface area contributed by atoms with E-state index in [1.165, 1.54) is 25.7 Å². The molecule has 1 aliphatic rings. The molecule has 3 rings (SSSR count). The lowest BCUT2D eigenvalue weighted by Crippen LogP contribution is -2.36. The van der Waals surface area contributed by atoms with Crippen molar-refractivity contribution in [3.63, 3.8) is 0 Å². The van der Waals surface area contributed by atoms with Crippen molar-refractivity contribution in [3.8, 4) is 0 Å². The van der Waals surface area contributed by atoms with Gasteiger partial charge in [0, 0.05) is 25.0 Å². The number of nitrogens with zero attached hydrogens (tertiary/aromatic N) is 3. The molecule has 2 aromatic rings. The maximum absolute atomic E-state index is 12.2. The van der Waals surface area contributed by atoms with Gasteiger partial charge < -0.3 is 19.2 Å². The molecule has 1 aliphatic carbocycles. The standard InChI is InChI=1S/C18H26N4O2/c1-21(2)15-5-3-14(4-6-15)11-20-18(23)17-8-7-16(24-17)12-22-10-9-19-13-22/h7-10,13-15H,3-6,11-12H2,1-2H3,(H,20,23). The van der Waals surface area contributed by atoms with Gasteiger partial charge in [-0.25, -0.2) is 4.98 Å². The molecule has 2 heterocycles. The monoisotopic (exact) mass is 330 g/mol. The molecule has 6 nitrogen and oxygen atoms in total. The van der Waals surface area contributed by atoms with Crippen LogP contribution in [-0.2, 0) is 6.54 Å². The fraction of sp³-hybridized carbons (Fsp3) is 0.556. The number of aromatic nitrogens is 2. The van der Waals surface area contributed by atoms with Crippen molar-refractivity contribution in [2.45, 2.75) is 38.3 Å². The van der Waals surface area contributed by atoms with Gasteiger partial charge in [-0.15, -0.1) is 0 Å². The largest absolute Gasteiger partial charge is 0.454 e. The number of amides is 1. The third-order valence-electron chi connectivity index (χ3n) is 4.88. The Morgan fingerprint density at radius 2 is 2.12 bits per heavy atom. The van der Waals surface area contributed by atoms with Crippen LogP contribution in [0.5, 0.6) is 0 Å². The molecular formula is C18H26N4O2. The van der Waals surface area contributed by atoms with E-state index < -0.39 is 0 Å². The second kappa shape index (κ2) is 7.66. The molecule has 0 saturated heterocycles. The molecule has 24 heavy (non-hydrogen) atoms. The maximum atomic E-state index is 12.2. The van der Waals surface area contributed by atoms with Crippen molar-refractivity contribution in [2.24, 2.45) is 5.92 Å². The van der Waals surface area contributed by atoms with E-state index >= 15 is 0 Å². The zero-order chi connectivity index (χ0) is 16.9. The molecule has 1 N–H and O–H groups in total. The van der Waals surface area contributed by atoms with Crippen LogP contribution in [0, 0.1) is 5.92 Å². The molecule has 0 unspecified atom stereocenters. The molecule has 0 bridgehead atoms. The predicted octanol–water partition coefficient (Wildman–Crippen LogP) is 2.37. The first kappa shape index (κ1) is 16.8. The van der Waals surface area contributed by atoms with Crippen LogP contribution in [-0.4, -0.2) is 47.0 Å². The first-order chi connectivity index (χ1) is 11.6. The van der Waals surface area contributed by atoms with Crippen LogP contribution < -0.4 is 5.32 Å². The number of carbonyl (C=O) groups is 1. The smallest absolute Gasteiger partial charge is 0.287 e. The van der Waals surface area contributed by atoms with Gasteiger partial charge in [0.05, 0.1) is 12.9 Å². The van der Waals surface area contributed by atoms with Gasteiger partial charge in [-0.3, -0.25) is 4.79 Å². The molecule has 0 spiro atoms. The van der Waals surface area contributed by atoms with Crippen LogP contribution >= 0.6 is 0 Å². The molecule has 0 radical (unpaired) electrons. The molecule has 1 saturated carbocycles. The first-order valence-electron chi connectivity index (χ1n) is 8.61. The van der Waals surface area contributed by atoms with E-state index in [0.717, 1.165) is 12.3 Å². The lowest BCUT2D eigenvalue weighted by molar-refractivity contribution is 0.0909. The Morgan fingerprint density at radius 3 is 2.79 bits per heavy atom. The van der Waals surface area contributed by atoms with Gasteiger partial charge in [0.1, 0.15) is 5.76 Å². The summed E-state index contributed by atoms with van der Waals surface area (Å²) in [6.45, 7) is 1.32. The number of hydrogen-bond acceptors (Lipinski definition) is 4. The third-order valence-corrected chi connectivity index (χ3v) is 4.88. The van der Waals surface area contributed by atoms with Crippen LogP contribution in [0.25, 0.3) is 0 Å². The number of carbonyl (C=O) groups excluding carboxylic acids is 1. The molecule has 0 aromatic carbocycles. The second-order valence-electron chi connectivity index (χ2n) is 6.85. The fourth-order valence-corrected chi connectivity index (χ4v) is 3.33. The number of hydrogen-bond donors (Lipinski definition) is 1. The SMILES string of the molecule is CN(C)C1CCC(CNC(=O)c2ccc(Cn3ccnc3)o2)CC1. The Balaban J connectivity index is 1.45. The van der Waals surface area contributed by atoms with Gasteiger partial charge in [-0.2, -0.15) is 0 Å². The van der Waals surface area contributed by atoms with E-state index in [1.54, 1.807) is 18.6 Å². The summed E-state index contributed by atoms with van der Waals surface area (Å²) in [7, 11) is 4.29. The van der Waals surface area contributed by atoms with E-state index in [0.29, 0.717) is 24.3 Å². The Bertz CT molecular complexity index is 640. The Morgan fingerprint density at radius 1 is 1.33 bits per heavy atom. The summed E-state index contributed by atoms with van der Waals surface area (Å²) >= 11 is 0. The zero-order valence-corrected chi connectivity index (χ0v) is 14.4. The van der Waals surface area contributed by atoms with Crippen molar-refractivity contribution < 1.29 is 9.21 Å². The quantitative estimate of drug-likeness (QED) is 0.883. The highest BCUT2D eigenvalue weighted by Gasteiger charge is 2.23. The van der Waals surface area contributed by atoms with Gasteiger partial charge in [0.15, 0.2) is 5.76 Å². The minimum atomic E-state index is -0.124. The van der Waals surface area contributed by atoms with E-state index in [1.807, 2.05) is 16.8 Å². The second-order valence-corrected chi connectivity index (χ2v) is 6.85. The zero-order valence-electron chi connectivity index (χ0n) is 14.4. The molecule has 6 heteroatoms. The Kier molecular flexibility index (Phi) is 5.35. The van der Waals surface area contributed by atoms with E-state index in [4.69, 9.17) is 4.42 Å². The van der Waals surface area contributed by atoms with Crippen molar-refractivity contribution in [1.29, 1.82) is 0 Å². The highest BCUT2D eigenvalue weighted by atomic mass is 16.4. The highest BCUT2D eigenvalue weighted by molar-refractivity contribution is 5.91. The molecule has 0 aliphatic heterocycles. The molecular weight excluding hydrogens is 304 g/mol. The number of furan rings is 1. The predicted molar refractivity (Wildman–Crippen MR) is 91.8 cm³/mol. The topological polar surface area (TPSA) is 63.3 Å². The number of rotatable bonds is 6. The summed E-state index contributed by atoms with van der Waals surface area (Å²) in [5, 5.41) is 3.02. The summed E-state index contributed by atoms with van der Waals surface area (Å²) in [5.74, 6) is 1.59. The molecule has 1 fully saturated rings. The van der Waals surface area contributed by atoms with Crippen LogP contribution in [0.1, 0.15) is 42.0 Å². The van der Waals surface area contributed by atoms with E-state index in [9.17, 15) is 4.79 Å². The lowest BCUT2D eigenvalue weighted by atomic mass is 9.85. The van der Waals surface area contributed by atoms with E-state index in [-0.39, 0.29) is 5.91 Å². The van der Waals surface area contributed by atoms with Crippen LogP contribution in [0.3, 0.4) is 0 Å². The van der Waals surface area contributed by atoms with Crippen LogP contribution in [0.4, 0.5) is 0 Å². The highest BCUT2D eigenvalue weighted by Crippen LogP contribution is 2.26. The molecule has 0 atom stereocenters. The first-order valence-corrected chi connectivity index (χ1v) is 8.61. The summed E-state index contributed by atoms with van der Waals surface area (Å²) in [4.78, 5) is 18.5. The molecule has 1 amide bonds.